The van der Waals surface area contributed by atoms with E-state index in [1.54, 1.807) is 61.5 Å². The predicted molar refractivity (Wildman–Crippen MR) is 150 cm³/mol. The van der Waals surface area contributed by atoms with Crippen molar-refractivity contribution in [2.45, 2.75) is 57.5 Å². The highest BCUT2D eigenvalue weighted by Gasteiger charge is 2.30. The first kappa shape index (κ1) is 31.2. The fourth-order valence-corrected chi connectivity index (χ4v) is 4.69. The zero-order valence-corrected chi connectivity index (χ0v) is 22.9. The third-order valence-corrected chi connectivity index (χ3v) is 7.18. The summed E-state index contributed by atoms with van der Waals surface area (Å²) in [5, 5.41) is 5.30. The van der Waals surface area contributed by atoms with Crippen LogP contribution in [0.5, 0.6) is 0 Å². The molecule has 0 aromatic heterocycles. The third-order valence-electron chi connectivity index (χ3n) is 5.95. The van der Waals surface area contributed by atoms with E-state index in [9.17, 15) is 22.8 Å². The van der Waals surface area contributed by atoms with Crippen LogP contribution in [0, 0.1) is 5.92 Å². The summed E-state index contributed by atoms with van der Waals surface area (Å²) < 4.78 is 27.1. The highest BCUT2D eigenvalue weighted by atomic mass is 32.2. The Balaban J connectivity index is 1.87. The summed E-state index contributed by atoms with van der Waals surface area (Å²) in [6.45, 7) is 3.79. The summed E-state index contributed by atoms with van der Waals surface area (Å²) in [7, 11) is -3.99. The van der Waals surface area contributed by atoms with Gasteiger partial charge in [-0.15, -0.1) is 0 Å². The van der Waals surface area contributed by atoms with E-state index < -0.39 is 33.9 Å². The molecule has 13 heteroatoms. The summed E-state index contributed by atoms with van der Waals surface area (Å²) in [6, 6.07) is 13.2. The zero-order chi connectivity index (χ0) is 29.0. The van der Waals surface area contributed by atoms with Crippen molar-refractivity contribution < 1.29 is 22.8 Å². The molecule has 3 atom stereocenters. The van der Waals surface area contributed by atoms with Gasteiger partial charge >= 0.3 is 0 Å². The minimum absolute atomic E-state index is 0.0215. The molecule has 2 aromatic rings. The summed E-state index contributed by atoms with van der Waals surface area (Å²) in [6.07, 6.45) is 0.510. The smallest absolute Gasteiger partial charge is 0.256 e. The Morgan fingerprint density at radius 1 is 0.949 bits per heavy atom. The number of nitrogens with one attached hydrogen (secondary N) is 3. The molecule has 0 aliphatic heterocycles. The Morgan fingerprint density at radius 3 is 2.18 bits per heavy atom. The number of guanidine groups is 1. The molecule has 0 heterocycles. The molecule has 0 spiro atoms. The molecule has 0 saturated carbocycles. The van der Waals surface area contributed by atoms with Crippen molar-refractivity contribution in [2.24, 2.45) is 28.1 Å². The van der Waals surface area contributed by atoms with Gasteiger partial charge in [-0.1, -0.05) is 62.7 Å². The highest BCUT2D eigenvalue weighted by Crippen LogP contribution is 2.13. The molecule has 39 heavy (non-hydrogen) atoms. The van der Waals surface area contributed by atoms with Gasteiger partial charge in [0.1, 0.15) is 6.04 Å². The summed E-state index contributed by atoms with van der Waals surface area (Å²) in [4.78, 5) is 41.7. The number of carbonyl (C=O) groups excluding carboxylic acids is 3. The van der Waals surface area contributed by atoms with Crippen molar-refractivity contribution in [3.05, 3.63) is 65.7 Å². The first-order valence-electron chi connectivity index (χ1n) is 12.5. The van der Waals surface area contributed by atoms with Crippen molar-refractivity contribution >= 4 is 39.4 Å². The van der Waals surface area contributed by atoms with Gasteiger partial charge in [-0.05, 0) is 35.6 Å². The summed E-state index contributed by atoms with van der Waals surface area (Å²) in [5.41, 5.74) is 18.6. The van der Waals surface area contributed by atoms with Gasteiger partial charge in [0.25, 0.3) is 5.91 Å². The zero-order valence-electron chi connectivity index (χ0n) is 22.1. The molecule has 2 rings (SSSR count). The van der Waals surface area contributed by atoms with E-state index in [-0.39, 0.29) is 42.9 Å². The lowest BCUT2D eigenvalue weighted by Crippen LogP contribution is -2.55. The van der Waals surface area contributed by atoms with Gasteiger partial charge < -0.3 is 27.8 Å². The Hall–Kier alpha value is -3.97. The second-order valence-corrected chi connectivity index (χ2v) is 10.9. The molecule has 0 aliphatic carbocycles. The number of nitrogens with zero attached hydrogens (tertiary/aromatic N) is 1. The van der Waals surface area contributed by atoms with E-state index in [1.807, 2.05) is 6.92 Å². The molecule has 0 aliphatic rings. The van der Waals surface area contributed by atoms with Crippen molar-refractivity contribution in [1.29, 1.82) is 0 Å². The quantitative estimate of drug-likeness (QED) is 0.141. The predicted octanol–water partition coefficient (Wildman–Crippen LogP) is 0.492. The minimum atomic E-state index is -3.99. The normalized spacial score (nSPS) is 13.4. The van der Waals surface area contributed by atoms with Gasteiger partial charge in [0.2, 0.25) is 21.8 Å². The van der Waals surface area contributed by atoms with Gasteiger partial charge in [-0.3, -0.25) is 19.1 Å². The SMILES string of the molecule is CC[C@@H](C)[C@@H](NC(=O)[C@@H](N)CCC(=O)NCc1ccc(N=C(N)N)cc1)C(=O)NS(=O)(=O)Cc1ccccc1. The molecule has 12 nitrogen and oxygen atoms in total. The van der Waals surface area contributed by atoms with Crippen LogP contribution in [-0.2, 0) is 36.7 Å². The van der Waals surface area contributed by atoms with E-state index >= 15 is 0 Å². The Kier molecular flexibility index (Phi) is 11.9. The minimum Gasteiger partial charge on any atom is -0.370 e. The van der Waals surface area contributed by atoms with Crippen LogP contribution in [0.3, 0.4) is 0 Å². The standard InChI is InChI=1S/C26H37N7O5S/c1-3-17(2)23(25(36)33-39(37,38)16-19-7-5-4-6-8-19)32-24(35)21(27)13-14-22(34)30-15-18-9-11-20(12-10-18)31-26(28)29/h4-12,17,21,23H,3,13-16,27H2,1-2H3,(H,30,34)(H,32,35)(H,33,36)(H4,28,29,31)/t17-,21+,23-/m1/s1. The number of nitrogens with two attached hydrogens (primary N) is 3. The maximum atomic E-state index is 12.8. The molecule has 2 aromatic carbocycles. The van der Waals surface area contributed by atoms with E-state index in [1.165, 1.54) is 0 Å². The molecule has 0 unspecified atom stereocenters. The third kappa shape index (κ3) is 11.1. The second kappa shape index (κ2) is 14.8. The number of carbonyl (C=O) groups is 3. The van der Waals surface area contributed by atoms with E-state index in [0.717, 1.165) is 5.56 Å². The first-order valence-corrected chi connectivity index (χ1v) is 14.1. The van der Waals surface area contributed by atoms with Crippen molar-refractivity contribution in [3.63, 3.8) is 0 Å². The number of sulfonamides is 1. The van der Waals surface area contributed by atoms with Crippen molar-refractivity contribution in [3.8, 4) is 0 Å². The van der Waals surface area contributed by atoms with Gasteiger partial charge in [-0.25, -0.2) is 13.4 Å². The van der Waals surface area contributed by atoms with Crippen LogP contribution in [0.25, 0.3) is 0 Å². The number of hydrogen-bond acceptors (Lipinski definition) is 7. The lowest BCUT2D eigenvalue weighted by molar-refractivity contribution is -0.130. The van der Waals surface area contributed by atoms with Crippen LogP contribution in [-0.4, -0.2) is 44.2 Å². The number of aliphatic imine (C=N–C) groups is 1. The average Bonchev–Trinajstić information content (AvgIpc) is 2.88. The van der Waals surface area contributed by atoms with Crippen LogP contribution in [0.15, 0.2) is 59.6 Å². The monoisotopic (exact) mass is 559 g/mol. The Labute approximate surface area is 228 Å². The van der Waals surface area contributed by atoms with Gasteiger partial charge in [-0.2, -0.15) is 0 Å². The van der Waals surface area contributed by atoms with E-state index in [2.05, 4.69) is 20.3 Å². The van der Waals surface area contributed by atoms with E-state index in [0.29, 0.717) is 17.7 Å². The second-order valence-electron chi connectivity index (χ2n) is 9.21. The highest BCUT2D eigenvalue weighted by molar-refractivity contribution is 7.89. The summed E-state index contributed by atoms with van der Waals surface area (Å²) >= 11 is 0. The van der Waals surface area contributed by atoms with Crippen LogP contribution in [0.1, 0.15) is 44.2 Å². The fraction of sp³-hybridized carbons (Fsp3) is 0.385. The molecule has 9 N–H and O–H groups in total. The van der Waals surface area contributed by atoms with Crippen LogP contribution in [0.4, 0.5) is 5.69 Å². The molecular formula is C26H37N7O5S. The molecule has 0 bridgehead atoms. The Morgan fingerprint density at radius 2 is 1.59 bits per heavy atom. The Bertz CT molecular complexity index is 1250. The number of amides is 3. The van der Waals surface area contributed by atoms with Gasteiger partial charge in [0.15, 0.2) is 5.96 Å². The fourth-order valence-electron chi connectivity index (χ4n) is 3.55. The van der Waals surface area contributed by atoms with Crippen molar-refractivity contribution in [2.75, 3.05) is 0 Å². The van der Waals surface area contributed by atoms with Crippen LogP contribution in [0.2, 0.25) is 0 Å². The van der Waals surface area contributed by atoms with Crippen LogP contribution < -0.4 is 32.6 Å². The summed E-state index contributed by atoms with van der Waals surface area (Å²) in [5.74, 6) is -2.61. The first-order chi connectivity index (χ1) is 18.4. The van der Waals surface area contributed by atoms with Gasteiger partial charge in [0.05, 0.1) is 17.5 Å². The molecule has 0 fully saturated rings. The maximum absolute atomic E-state index is 12.8. The lowest BCUT2D eigenvalue weighted by Gasteiger charge is -2.25. The number of rotatable bonds is 14. The molecule has 3 amide bonds. The largest absolute Gasteiger partial charge is 0.370 e. The van der Waals surface area contributed by atoms with E-state index in [4.69, 9.17) is 17.2 Å². The topological polar surface area (TPSA) is 212 Å². The van der Waals surface area contributed by atoms with Crippen LogP contribution >= 0.6 is 0 Å². The molecule has 0 radical (unpaired) electrons. The molecule has 0 saturated heterocycles. The average molecular weight is 560 g/mol. The molecule has 212 valence electrons. The lowest BCUT2D eigenvalue weighted by atomic mass is 9.98. The number of hydrogen-bond donors (Lipinski definition) is 6. The number of benzene rings is 2. The molecular weight excluding hydrogens is 522 g/mol. The maximum Gasteiger partial charge on any atom is 0.256 e. The van der Waals surface area contributed by atoms with Gasteiger partial charge in [0, 0.05) is 13.0 Å². The van der Waals surface area contributed by atoms with Crippen molar-refractivity contribution in [1.82, 2.24) is 15.4 Å².